The second-order valence-electron chi connectivity index (χ2n) is 7.35. The molecule has 5 N–H and O–H groups in total. The van der Waals surface area contributed by atoms with Gasteiger partial charge in [-0.15, -0.1) is 0 Å². The van der Waals surface area contributed by atoms with Crippen molar-refractivity contribution in [3.05, 3.63) is 71.5 Å². The Balaban J connectivity index is 1.55. The molecule has 182 valence electrons. The smallest absolute Gasteiger partial charge is 0.229 e. The fourth-order valence-electron chi connectivity index (χ4n) is 3.03. The zero-order chi connectivity index (χ0) is 23.8. The fraction of sp³-hybridized carbons (Fsp3) is 0.375. The molecular weight excluding hydrogens is 437 g/mol. The number of halogens is 1. The molecule has 0 radical (unpaired) electrons. The maximum Gasteiger partial charge on any atom is 0.229 e. The van der Waals surface area contributed by atoms with E-state index < -0.39 is 0 Å². The topological polar surface area (TPSA) is 119 Å². The minimum Gasteiger partial charge on any atom is -0.378 e. The number of hydrogen-bond acceptors (Lipinski definition) is 9. The number of rotatable bonds is 16. The highest BCUT2D eigenvalue weighted by molar-refractivity contribution is 5.42. The molecule has 0 aliphatic carbocycles. The summed E-state index contributed by atoms with van der Waals surface area (Å²) >= 11 is 0. The van der Waals surface area contributed by atoms with E-state index >= 15 is 0 Å². The van der Waals surface area contributed by atoms with Gasteiger partial charge < -0.3 is 31.2 Å². The molecule has 0 bridgehead atoms. The summed E-state index contributed by atoms with van der Waals surface area (Å²) in [6, 6.07) is 16.8. The Morgan fingerprint density at radius 2 is 1.32 bits per heavy atom. The Labute approximate surface area is 199 Å². The Hall–Kier alpha value is -3.34. The SMILES string of the molecule is NCCOCCOCCNc1nc(NCCc2ccccc2)nc(NCc2ccccc2F)n1. The minimum absolute atomic E-state index is 0.255. The molecular formula is C24H32FN7O2. The van der Waals surface area contributed by atoms with Gasteiger partial charge in [-0.2, -0.15) is 15.0 Å². The molecule has 1 heterocycles. The van der Waals surface area contributed by atoms with Gasteiger partial charge in [0, 0.05) is 31.7 Å². The van der Waals surface area contributed by atoms with Gasteiger partial charge in [0.15, 0.2) is 0 Å². The van der Waals surface area contributed by atoms with E-state index in [0.717, 1.165) is 6.42 Å². The van der Waals surface area contributed by atoms with Crippen molar-refractivity contribution in [2.24, 2.45) is 5.73 Å². The van der Waals surface area contributed by atoms with Crippen LogP contribution in [0.2, 0.25) is 0 Å². The second kappa shape index (κ2) is 14.7. The molecule has 0 aliphatic rings. The van der Waals surface area contributed by atoms with Crippen LogP contribution < -0.4 is 21.7 Å². The van der Waals surface area contributed by atoms with Crippen LogP contribution in [0.4, 0.5) is 22.2 Å². The first kappa shape index (κ1) is 25.3. The van der Waals surface area contributed by atoms with Crippen LogP contribution in [0.15, 0.2) is 54.6 Å². The molecule has 10 heteroatoms. The molecule has 9 nitrogen and oxygen atoms in total. The van der Waals surface area contributed by atoms with Crippen LogP contribution in [0, 0.1) is 5.82 Å². The van der Waals surface area contributed by atoms with Gasteiger partial charge in [0.25, 0.3) is 0 Å². The number of anilines is 3. The van der Waals surface area contributed by atoms with Gasteiger partial charge in [0.1, 0.15) is 5.82 Å². The standard InChI is InChI=1S/C24H32FN7O2/c25-21-9-5-4-8-20(21)18-29-24-31-22(27-12-10-19-6-2-1-3-7-19)30-23(32-24)28-13-15-34-17-16-33-14-11-26/h1-9H,10-18,26H2,(H3,27,28,29,30,31,32). The maximum absolute atomic E-state index is 14.0. The summed E-state index contributed by atoms with van der Waals surface area (Å²) in [5.41, 5.74) is 7.12. The summed E-state index contributed by atoms with van der Waals surface area (Å²) in [5.74, 6) is 0.895. The summed E-state index contributed by atoms with van der Waals surface area (Å²) < 4.78 is 24.8. The second-order valence-corrected chi connectivity index (χ2v) is 7.35. The minimum atomic E-state index is -0.281. The average Bonchev–Trinajstić information content (AvgIpc) is 2.86. The van der Waals surface area contributed by atoms with Gasteiger partial charge in [-0.05, 0) is 18.1 Å². The molecule has 0 amide bonds. The molecule has 34 heavy (non-hydrogen) atoms. The molecule has 0 unspecified atom stereocenters. The molecule has 0 fully saturated rings. The number of ether oxygens (including phenoxy) is 2. The number of benzene rings is 2. The Morgan fingerprint density at radius 1 is 0.706 bits per heavy atom. The lowest BCUT2D eigenvalue weighted by atomic mass is 10.1. The van der Waals surface area contributed by atoms with Crippen LogP contribution in [0.3, 0.4) is 0 Å². The van der Waals surface area contributed by atoms with E-state index in [-0.39, 0.29) is 12.4 Å². The maximum atomic E-state index is 14.0. The van der Waals surface area contributed by atoms with E-state index in [2.05, 4.69) is 43.0 Å². The van der Waals surface area contributed by atoms with Crippen molar-refractivity contribution in [2.45, 2.75) is 13.0 Å². The van der Waals surface area contributed by atoms with Crippen LogP contribution in [0.5, 0.6) is 0 Å². The van der Waals surface area contributed by atoms with Crippen molar-refractivity contribution in [3.63, 3.8) is 0 Å². The van der Waals surface area contributed by atoms with E-state index in [9.17, 15) is 4.39 Å². The first-order valence-corrected chi connectivity index (χ1v) is 11.3. The summed E-state index contributed by atoms with van der Waals surface area (Å²) in [6.07, 6.45) is 0.827. The Bertz CT molecular complexity index is 979. The third-order valence-electron chi connectivity index (χ3n) is 4.73. The number of aromatic nitrogens is 3. The highest BCUT2D eigenvalue weighted by atomic mass is 19.1. The van der Waals surface area contributed by atoms with Crippen molar-refractivity contribution in [3.8, 4) is 0 Å². The lowest BCUT2D eigenvalue weighted by Gasteiger charge is -2.12. The van der Waals surface area contributed by atoms with Crippen molar-refractivity contribution >= 4 is 17.8 Å². The summed E-state index contributed by atoms with van der Waals surface area (Å²) in [7, 11) is 0. The first-order chi connectivity index (χ1) is 16.7. The number of nitrogens with two attached hydrogens (primary N) is 1. The molecule has 3 rings (SSSR count). The van der Waals surface area contributed by atoms with Crippen LogP contribution >= 0.6 is 0 Å². The van der Waals surface area contributed by atoms with Crippen LogP contribution in [-0.2, 0) is 22.4 Å². The molecule has 0 atom stereocenters. The third kappa shape index (κ3) is 9.26. The molecule has 0 aliphatic heterocycles. The van der Waals surface area contributed by atoms with E-state index in [1.54, 1.807) is 18.2 Å². The van der Waals surface area contributed by atoms with Crippen LogP contribution in [-0.4, -0.2) is 61.0 Å². The largest absolute Gasteiger partial charge is 0.378 e. The predicted molar refractivity (Wildman–Crippen MR) is 131 cm³/mol. The summed E-state index contributed by atoms with van der Waals surface area (Å²) in [6.45, 7) is 3.90. The van der Waals surface area contributed by atoms with Gasteiger partial charge in [-0.1, -0.05) is 48.5 Å². The number of nitrogens with zero attached hydrogens (tertiary/aromatic N) is 3. The van der Waals surface area contributed by atoms with Crippen LogP contribution in [0.1, 0.15) is 11.1 Å². The van der Waals surface area contributed by atoms with E-state index in [4.69, 9.17) is 15.2 Å². The predicted octanol–water partition coefficient (Wildman–Crippen LogP) is 2.68. The zero-order valence-electron chi connectivity index (χ0n) is 19.2. The summed E-state index contributed by atoms with van der Waals surface area (Å²) in [4.78, 5) is 13.3. The molecule has 3 aromatic rings. The molecule has 1 aromatic heterocycles. The molecule has 0 saturated carbocycles. The Morgan fingerprint density at radius 3 is 2.03 bits per heavy atom. The van der Waals surface area contributed by atoms with Crippen molar-refractivity contribution in [1.29, 1.82) is 0 Å². The van der Waals surface area contributed by atoms with Gasteiger partial charge in [-0.3, -0.25) is 0 Å². The van der Waals surface area contributed by atoms with Crippen molar-refractivity contribution < 1.29 is 13.9 Å². The summed E-state index contributed by atoms with van der Waals surface area (Å²) in [5, 5.41) is 9.46. The molecule has 0 saturated heterocycles. The van der Waals surface area contributed by atoms with Crippen molar-refractivity contribution in [1.82, 2.24) is 15.0 Å². The normalized spacial score (nSPS) is 10.8. The van der Waals surface area contributed by atoms with E-state index in [1.165, 1.54) is 11.6 Å². The molecule has 2 aromatic carbocycles. The van der Waals surface area contributed by atoms with Crippen LogP contribution in [0.25, 0.3) is 0 Å². The Kier molecular flexibility index (Phi) is 11.0. The zero-order valence-corrected chi connectivity index (χ0v) is 19.2. The average molecular weight is 470 g/mol. The van der Waals surface area contributed by atoms with E-state index in [1.807, 2.05) is 18.2 Å². The lowest BCUT2D eigenvalue weighted by molar-refractivity contribution is 0.0547. The number of nitrogens with one attached hydrogen (secondary N) is 3. The number of hydrogen-bond donors (Lipinski definition) is 4. The van der Waals surface area contributed by atoms with Gasteiger partial charge >= 0.3 is 0 Å². The lowest BCUT2D eigenvalue weighted by Crippen LogP contribution is -2.17. The highest BCUT2D eigenvalue weighted by Crippen LogP contribution is 2.13. The quantitative estimate of drug-likeness (QED) is 0.235. The molecule has 0 spiro atoms. The van der Waals surface area contributed by atoms with Crippen molar-refractivity contribution in [2.75, 3.05) is 62.0 Å². The third-order valence-corrected chi connectivity index (χ3v) is 4.73. The van der Waals surface area contributed by atoms with Gasteiger partial charge in [-0.25, -0.2) is 4.39 Å². The van der Waals surface area contributed by atoms with Gasteiger partial charge in [0.05, 0.1) is 26.4 Å². The first-order valence-electron chi connectivity index (χ1n) is 11.3. The monoisotopic (exact) mass is 469 g/mol. The fourth-order valence-corrected chi connectivity index (χ4v) is 3.03. The highest BCUT2D eigenvalue weighted by Gasteiger charge is 2.08. The van der Waals surface area contributed by atoms with Gasteiger partial charge in [0.2, 0.25) is 17.8 Å². The van der Waals surface area contributed by atoms with E-state index in [0.29, 0.717) is 69.5 Å².